The number of rotatable bonds is 3. The van der Waals surface area contributed by atoms with Gasteiger partial charge in [-0.2, -0.15) is 0 Å². The molecule has 1 nitrogen and oxygen atoms in total. The fourth-order valence-corrected chi connectivity index (χ4v) is 2.05. The van der Waals surface area contributed by atoms with E-state index in [0.717, 1.165) is 6.07 Å². The van der Waals surface area contributed by atoms with Crippen LogP contribution in [0.3, 0.4) is 0 Å². The summed E-state index contributed by atoms with van der Waals surface area (Å²) in [6, 6.07) is 4.25. The standard InChI is InChI=1S/C12H15F2N/c13-10-6-5-9(12(14)7-10)8-15-11-3-1-2-4-11/h5-7,11,15H,1-4,8H2. The molecule has 0 unspecified atom stereocenters. The fourth-order valence-electron chi connectivity index (χ4n) is 2.05. The largest absolute Gasteiger partial charge is 0.310 e. The molecule has 3 heteroatoms. The number of nitrogens with one attached hydrogen (secondary N) is 1. The van der Waals surface area contributed by atoms with Crippen molar-refractivity contribution in [3.05, 3.63) is 35.4 Å². The summed E-state index contributed by atoms with van der Waals surface area (Å²) in [5.41, 5.74) is 0.545. The summed E-state index contributed by atoms with van der Waals surface area (Å²) in [6.45, 7) is 0.497. The van der Waals surface area contributed by atoms with E-state index >= 15 is 0 Å². The molecule has 15 heavy (non-hydrogen) atoms. The molecular weight excluding hydrogens is 196 g/mol. The second-order valence-corrected chi connectivity index (χ2v) is 4.10. The van der Waals surface area contributed by atoms with E-state index in [-0.39, 0.29) is 0 Å². The lowest BCUT2D eigenvalue weighted by atomic mass is 10.2. The van der Waals surface area contributed by atoms with E-state index in [0.29, 0.717) is 18.2 Å². The van der Waals surface area contributed by atoms with Crippen molar-refractivity contribution in [3.8, 4) is 0 Å². The van der Waals surface area contributed by atoms with Crippen LogP contribution in [0.1, 0.15) is 31.2 Å². The highest BCUT2D eigenvalue weighted by molar-refractivity contribution is 5.18. The maximum absolute atomic E-state index is 13.2. The van der Waals surface area contributed by atoms with Crippen LogP contribution in [0.2, 0.25) is 0 Å². The van der Waals surface area contributed by atoms with Gasteiger partial charge in [0.15, 0.2) is 0 Å². The summed E-state index contributed by atoms with van der Waals surface area (Å²) < 4.78 is 25.9. The Morgan fingerprint density at radius 3 is 2.60 bits per heavy atom. The van der Waals surface area contributed by atoms with E-state index in [2.05, 4.69) is 5.32 Å². The minimum Gasteiger partial charge on any atom is -0.310 e. The summed E-state index contributed by atoms with van der Waals surface area (Å²) in [5.74, 6) is -0.974. The Balaban J connectivity index is 1.92. The van der Waals surface area contributed by atoms with E-state index in [4.69, 9.17) is 0 Å². The van der Waals surface area contributed by atoms with Gasteiger partial charge in [-0.25, -0.2) is 8.78 Å². The number of hydrogen-bond donors (Lipinski definition) is 1. The molecule has 0 aromatic heterocycles. The molecule has 1 aliphatic rings. The Labute approximate surface area is 88.5 Å². The summed E-state index contributed by atoms with van der Waals surface area (Å²) in [7, 11) is 0. The highest BCUT2D eigenvalue weighted by Crippen LogP contribution is 2.18. The van der Waals surface area contributed by atoms with Crippen molar-refractivity contribution in [1.82, 2.24) is 5.32 Å². The van der Waals surface area contributed by atoms with Gasteiger partial charge in [-0.05, 0) is 18.9 Å². The van der Waals surface area contributed by atoms with Crippen molar-refractivity contribution in [2.45, 2.75) is 38.3 Å². The van der Waals surface area contributed by atoms with Crippen LogP contribution < -0.4 is 5.32 Å². The lowest BCUT2D eigenvalue weighted by molar-refractivity contribution is 0.504. The maximum atomic E-state index is 13.2. The Morgan fingerprint density at radius 1 is 1.20 bits per heavy atom. The maximum Gasteiger partial charge on any atom is 0.130 e. The van der Waals surface area contributed by atoms with E-state index in [1.807, 2.05) is 0 Å². The predicted molar refractivity (Wildman–Crippen MR) is 55.5 cm³/mol. The second kappa shape index (κ2) is 4.71. The third-order valence-corrected chi connectivity index (χ3v) is 2.95. The quantitative estimate of drug-likeness (QED) is 0.810. The number of hydrogen-bond acceptors (Lipinski definition) is 1. The van der Waals surface area contributed by atoms with Crippen LogP contribution in [0.25, 0.3) is 0 Å². The molecule has 0 bridgehead atoms. The molecule has 1 aromatic rings. The van der Waals surface area contributed by atoms with Crippen LogP contribution in [-0.2, 0) is 6.54 Å². The molecule has 0 amide bonds. The molecule has 2 rings (SSSR count). The van der Waals surface area contributed by atoms with Gasteiger partial charge in [0.2, 0.25) is 0 Å². The molecule has 0 aliphatic heterocycles. The molecule has 0 radical (unpaired) electrons. The predicted octanol–water partition coefficient (Wildman–Crippen LogP) is 3.00. The minimum absolute atomic E-state index is 0.458. The highest BCUT2D eigenvalue weighted by atomic mass is 19.1. The van der Waals surface area contributed by atoms with Crippen LogP contribution in [0.4, 0.5) is 8.78 Å². The van der Waals surface area contributed by atoms with Gasteiger partial charge < -0.3 is 5.32 Å². The van der Waals surface area contributed by atoms with Crippen molar-refractivity contribution >= 4 is 0 Å². The minimum atomic E-state index is -0.517. The van der Waals surface area contributed by atoms with E-state index < -0.39 is 11.6 Å². The molecule has 1 saturated carbocycles. The van der Waals surface area contributed by atoms with Crippen LogP contribution in [0.15, 0.2) is 18.2 Å². The Morgan fingerprint density at radius 2 is 1.93 bits per heavy atom. The molecule has 1 aliphatic carbocycles. The molecule has 0 spiro atoms. The van der Waals surface area contributed by atoms with Gasteiger partial charge in [0.05, 0.1) is 0 Å². The Kier molecular flexibility index (Phi) is 3.31. The van der Waals surface area contributed by atoms with Crippen molar-refractivity contribution in [3.63, 3.8) is 0 Å². The smallest absolute Gasteiger partial charge is 0.130 e. The average molecular weight is 211 g/mol. The molecular formula is C12H15F2N. The van der Waals surface area contributed by atoms with Crippen molar-refractivity contribution < 1.29 is 8.78 Å². The van der Waals surface area contributed by atoms with Gasteiger partial charge in [-0.15, -0.1) is 0 Å². The normalized spacial score (nSPS) is 17.2. The summed E-state index contributed by atoms with van der Waals surface area (Å²) in [4.78, 5) is 0. The first kappa shape index (κ1) is 10.6. The molecule has 0 atom stereocenters. The molecule has 82 valence electrons. The van der Waals surface area contributed by atoms with Crippen LogP contribution in [0, 0.1) is 11.6 Å². The second-order valence-electron chi connectivity index (χ2n) is 4.10. The zero-order valence-electron chi connectivity index (χ0n) is 8.60. The first-order valence-corrected chi connectivity index (χ1v) is 5.43. The zero-order chi connectivity index (χ0) is 10.7. The fraction of sp³-hybridized carbons (Fsp3) is 0.500. The zero-order valence-corrected chi connectivity index (χ0v) is 8.60. The number of halogens is 2. The Hall–Kier alpha value is -0.960. The van der Waals surface area contributed by atoms with Gasteiger partial charge in [0.1, 0.15) is 11.6 Å². The lowest BCUT2D eigenvalue weighted by Gasteiger charge is -2.12. The monoisotopic (exact) mass is 211 g/mol. The molecule has 0 saturated heterocycles. The number of benzene rings is 1. The van der Waals surface area contributed by atoms with Gasteiger partial charge in [-0.3, -0.25) is 0 Å². The highest BCUT2D eigenvalue weighted by Gasteiger charge is 2.14. The summed E-state index contributed by atoms with van der Waals surface area (Å²) in [6.07, 6.45) is 4.85. The van der Waals surface area contributed by atoms with Gasteiger partial charge >= 0.3 is 0 Å². The van der Waals surface area contributed by atoms with Crippen molar-refractivity contribution in [2.75, 3.05) is 0 Å². The van der Waals surface area contributed by atoms with E-state index in [1.54, 1.807) is 0 Å². The summed E-state index contributed by atoms with van der Waals surface area (Å²) in [5, 5.41) is 3.30. The van der Waals surface area contributed by atoms with Gasteiger partial charge in [0, 0.05) is 24.2 Å². The Bertz CT molecular complexity index is 332. The molecule has 1 N–H and O–H groups in total. The molecule has 1 aromatic carbocycles. The molecule has 0 heterocycles. The van der Waals surface area contributed by atoms with Crippen LogP contribution in [-0.4, -0.2) is 6.04 Å². The third-order valence-electron chi connectivity index (χ3n) is 2.95. The first-order chi connectivity index (χ1) is 7.25. The average Bonchev–Trinajstić information content (AvgIpc) is 2.69. The van der Waals surface area contributed by atoms with E-state index in [9.17, 15) is 8.78 Å². The SMILES string of the molecule is Fc1ccc(CNC2CCCC2)c(F)c1. The van der Waals surface area contributed by atoms with Gasteiger partial charge in [-0.1, -0.05) is 18.9 Å². The lowest BCUT2D eigenvalue weighted by Crippen LogP contribution is -2.25. The van der Waals surface area contributed by atoms with Crippen LogP contribution in [0.5, 0.6) is 0 Å². The molecule has 1 fully saturated rings. The third kappa shape index (κ3) is 2.75. The summed E-state index contributed by atoms with van der Waals surface area (Å²) >= 11 is 0. The van der Waals surface area contributed by atoms with Gasteiger partial charge in [0.25, 0.3) is 0 Å². The van der Waals surface area contributed by atoms with Crippen LogP contribution >= 0.6 is 0 Å². The topological polar surface area (TPSA) is 12.0 Å². The van der Waals surface area contributed by atoms with Crippen molar-refractivity contribution in [2.24, 2.45) is 0 Å². The first-order valence-electron chi connectivity index (χ1n) is 5.43. The van der Waals surface area contributed by atoms with Crippen molar-refractivity contribution in [1.29, 1.82) is 0 Å². The van der Waals surface area contributed by atoms with E-state index in [1.165, 1.54) is 37.8 Å².